The van der Waals surface area contributed by atoms with Crippen LogP contribution in [0.4, 0.5) is 5.69 Å². The number of nitrogens with zero attached hydrogens (tertiary/aromatic N) is 1. The van der Waals surface area contributed by atoms with Crippen LogP contribution in [0.3, 0.4) is 0 Å². The summed E-state index contributed by atoms with van der Waals surface area (Å²) in [6.45, 7) is 2.38. The van der Waals surface area contributed by atoms with Gasteiger partial charge < -0.3 is 14.3 Å². The summed E-state index contributed by atoms with van der Waals surface area (Å²) in [5.41, 5.74) is 0.759. The Balaban J connectivity index is 1.86. The van der Waals surface area contributed by atoms with Gasteiger partial charge in [0.05, 0.1) is 18.4 Å². The van der Waals surface area contributed by atoms with Crippen molar-refractivity contribution in [2.75, 3.05) is 11.5 Å². The van der Waals surface area contributed by atoms with E-state index in [2.05, 4.69) is 0 Å². The van der Waals surface area contributed by atoms with Gasteiger partial charge in [0.15, 0.2) is 0 Å². The van der Waals surface area contributed by atoms with Gasteiger partial charge in [0, 0.05) is 16.3 Å². The molecule has 3 aromatic rings. The molecule has 4 rings (SSSR count). The fourth-order valence-corrected chi connectivity index (χ4v) is 3.66. The van der Waals surface area contributed by atoms with Gasteiger partial charge in [-0.1, -0.05) is 17.7 Å². The summed E-state index contributed by atoms with van der Waals surface area (Å²) in [7, 11) is 0. The smallest absolute Gasteiger partial charge is 0.300 e. The van der Waals surface area contributed by atoms with Crippen molar-refractivity contribution in [2.45, 2.75) is 13.0 Å². The lowest BCUT2D eigenvalue weighted by Crippen LogP contribution is -2.29. The van der Waals surface area contributed by atoms with Crippen LogP contribution in [0.2, 0.25) is 5.02 Å². The highest BCUT2D eigenvalue weighted by Gasteiger charge is 2.48. The molecule has 1 aliphatic rings. The fourth-order valence-electron chi connectivity index (χ4n) is 3.47. The molecule has 0 radical (unpaired) electrons. The van der Waals surface area contributed by atoms with Gasteiger partial charge in [-0.2, -0.15) is 0 Å². The summed E-state index contributed by atoms with van der Waals surface area (Å²) in [5, 5.41) is 11.4. The van der Waals surface area contributed by atoms with Crippen LogP contribution < -0.4 is 9.64 Å². The zero-order valence-electron chi connectivity index (χ0n) is 16.0. The first-order valence-electron chi connectivity index (χ1n) is 9.34. The van der Waals surface area contributed by atoms with Gasteiger partial charge in [0.2, 0.25) is 0 Å². The van der Waals surface area contributed by atoms with E-state index in [1.807, 2.05) is 6.92 Å². The van der Waals surface area contributed by atoms with E-state index in [1.54, 1.807) is 60.7 Å². The van der Waals surface area contributed by atoms with Crippen LogP contribution in [-0.4, -0.2) is 23.4 Å². The molecule has 152 valence electrons. The maximum Gasteiger partial charge on any atom is 0.300 e. The van der Waals surface area contributed by atoms with Gasteiger partial charge in [0.1, 0.15) is 23.3 Å². The number of halogens is 1. The Morgan fingerprint density at radius 2 is 1.90 bits per heavy atom. The number of rotatable bonds is 5. The van der Waals surface area contributed by atoms with Crippen LogP contribution in [0.5, 0.6) is 5.75 Å². The van der Waals surface area contributed by atoms with Crippen LogP contribution in [0.1, 0.15) is 24.3 Å². The molecule has 1 unspecified atom stereocenters. The van der Waals surface area contributed by atoms with Crippen molar-refractivity contribution < 1.29 is 23.8 Å². The number of Topliss-reactive ketones (excluding diaryl/α,β-unsaturated/α-hetero) is 1. The Labute approximate surface area is 177 Å². The highest BCUT2D eigenvalue weighted by atomic mass is 35.5. The molecule has 0 bridgehead atoms. The Bertz CT molecular complexity index is 1120. The summed E-state index contributed by atoms with van der Waals surface area (Å²) < 4.78 is 10.9. The quantitative estimate of drug-likeness (QED) is 0.356. The van der Waals surface area contributed by atoms with Crippen molar-refractivity contribution in [3.05, 3.63) is 88.8 Å². The van der Waals surface area contributed by atoms with Crippen molar-refractivity contribution in [1.29, 1.82) is 0 Å². The van der Waals surface area contributed by atoms with Crippen molar-refractivity contribution >= 4 is 34.7 Å². The van der Waals surface area contributed by atoms with Crippen molar-refractivity contribution in [3.63, 3.8) is 0 Å². The average Bonchev–Trinajstić information content (AvgIpc) is 3.35. The Morgan fingerprint density at radius 1 is 1.13 bits per heavy atom. The molecule has 1 saturated heterocycles. The Morgan fingerprint density at radius 3 is 2.53 bits per heavy atom. The maximum atomic E-state index is 13.0. The number of ketones is 1. The number of ether oxygens (including phenoxy) is 1. The summed E-state index contributed by atoms with van der Waals surface area (Å²) in [4.78, 5) is 27.2. The molecule has 1 aromatic heterocycles. The first-order valence-corrected chi connectivity index (χ1v) is 9.72. The van der Waals surface area contributed by atoms with E-state index in [9.17, 15) is 14.7 Å². The minimum absolute atomic E-state index is 0.0564. The lowest BCUT2D eigenvalue weighted by Gasteiger charge is -2.23. The number of hydrogen-bond donors (Lipinski definition) is 1. The van der Waals surface area contributed by atoms with Crippen LogP contribution in [-0.2, 0) is 9.59 Å². The third-order valence-corrected chi connectivity index (χ3v) is 5.02. The predicted molar refractivity (Wildman–Crippen MR) is 113 cm³/mol. The monoisotopic (exact) mass is 423 g/mol. The zero-order valence-corrected chi connectivity index (χ0v) is 16.8. The molecule has 2 heterocycles. The third-order valence-electron chi connectivity index (χ3n) is 4.78. The summed E-state index contributed by atoms with van der Waals surface area (Å²) in [6.07, 6.45) is 1.45. The Kier molecular flexibility index (Phi) is 5.33. The molecule has 0 saturated carbocycles. The number of aliphatic hydroxyl groups excluding tert-OH is 1. The normalized spacial score (nSPS) is 18.1. The number of hydrogen-bond acceptors (Lipinski definition) is 5. The van der Waals surface area contributed by atoms with Crippen molar-refractivity contribution in [2.24, 2.45) is 0 Å². The molecule has 0 spiro atoms. The van der Waals surface area contributed by atoms with E-state index < -0.39 is 17.7 Å². The third kappa shape index (κ3) is 3.46. The first-order chi connectivity index (χ1) is 14.5. The number of carbonyl (C=O) groups is 2. The van der Waals surface area contributed by atoms with E-state index in [1.165, 1.54) is 11.2 Å². The maximum absolute atomic E-state index is 13.0. The SMILES string of the molecule is CCOc1ccc(/C(O)=C2/C(=O)C(=O)N(c3cccc(Cl)c3)C2c2ccco2)cc1. The molecule has 0 aliphatic carbocycles. The zero-order chi connectivity index (χ0) is 21.3. The molecule has 1 atom stereocenters. The van der Waals surface area contributed by atoms with Crippen LogP contribution in [0.15, 0.2) is 76.9 Å². The summed E-state index contributed by atoms with van der Waals surface area (Å²) >= 11 is 6.10. The van der Waals surface area contributed by atoms with Gasteiger partial charge in [-0.05, 0) is 61.5 Å². The van der Waals surface area contributed by atoms with E-state index in [-0.39, 0.29) is 11.3 Å². The molecule has 1 aliphatic heterocycles. The van der Waals surface area contributed by atoms with Crippen LogP contribution >= 0.6 is 11.6 Å². The second kappa shape index (κ2) is 8.08. The lowest BCUT2D eigenvalue weighted by molar-refractivity contribution is -0.132. The van der Waals surface area contributed by atoms with E-state index in [0.29, 0.717) is 34.4 Å². The molecular weight excluding hydrogens is 406 g/mol. The van der Waals surface area contributed by atoms with E-state index in [0.717, 1.165) is 0 Å². The molecular formula is C23H18ClNO5. The van der Waals surface area contributed by atoms with Crippen molar-refractivity contribution in [3.8, 4) is 5.75 Å². The number of carbonyl (C=O) groups excluding carboxylic acids is 2. The number of anilines is 1. The molecule has 1 fully saturated rings. The lowest BCUT2D eigenvalue weighted by atomic mass is 9.99. The van der Waals surface area contributed by atoms with Gasteiger partial charge in [0.25, 0.3) is 11.7 Å². The van der Waals surface area contributed by atoms with E-state index in [4.69, 9.17) is 20.8 Å². The van der Waals surface area contributed by atoms with Gasteiger partial charge in [-0.15, -0.1) is 0 Å². The number of aliphatic hydroxyl groups is 1. The molecule has 1 amide bonds. The highest BCUT2D eigenvalue weighted by molar-refractivity contribution is 6.51. The number of furan rings is 1. The number of amides is 1. The van der Waals surface area contributed by atoms with Crippen molar-refractivity contribution in [1.82, 2.24) is 0 Å². The highest BCUT2D eigenvalue weighted by Crippen LogP contribution is 2.42. The topological polar surface area (TPSA) is 80.0 Å². The average molecular weight is 424 g/mol. The minimum Gasteiger partial charge on any atom is -0.507 e. The van der Waals surface area contributed by atoms with Crippen LogP contribution in [0, 0.1) is 0 Å². The fraction of sp³-hybridized carbons (Fsp3) is 0.130. The summed E-state index contributed by atoms with van der Waals surface area (Å²) in [6, 6.07) is 15.6. The van der Waals surface area contributed by atoms with Gasteiger partial charge in [-0.25, -0.2) is 0 Å². The van der Waals surface area contributed by atoms with Gasteiger partial charge in [-0.3, -0.25) is 14.5 Å². The Hall–Kier alpha value is -3.51. The number of benzene rings is 2. The predicted octanol–water partition coefficient (Wildman–Crippen LogP) is 4.96. The molecule has 7 heteroatoms. The van der Waals surface area contributed by atoms with Crippen LogP contribution in [0.25, 0.3) is 5.76 Å². The van der Waals surface area contributed by atoms with Gasteiger partial charge >= 0.3 is 0 Å². The minimum atomic E-state index is -0.926. The standard InChI is InChI=1S/C23H18ClNO5/c1-2-29-17-10-8-14(9-11-17)21(26)19-20(18-7-4-12-30-18)25(23(28)22(19)27)16-6-3-5-15(24)13-16/h3-13,20,26H,2H2,1H3/b21-19-. The second-order valence-corrected chi connectivity index (χ2v) is 7.06. The molecule has 1 N–H and O–H groups in total. The molecule has 30 heavy (non-hydrogen) atoms. The largest absolute Gasteiger partial charge is 0.507 e. The first kappa shape index (κ1) is 19.8. The van der Waals surface area contributed by atoms with E-state index >= 15 is 0 Å². The second-order valence-electron chi connectivity index (χ2n) is 6.62. The molecule has 6 nitrogen and oxygen atoms in total. The summed E-state index contributed by atoms with van der Waals surface area (Å²) in [5.74, 6) is -0.881. The molecule has 2 aromatic carbocycles.